The molecule has 0 spiro atoms. The first-order valence-corrected chi connectivity index (χ1v) is 4.12. The Morgan fingerprint density at radius 2 is 2.20 bits per heavy atom. The van der Waals surface area contributed by atoms with E-state index in [-0.39, 0.29) is 0 Å². The van der Waals surface area contributed by atoms with Crippen molar-refractivity contribution in [1.82, 2.24) is 4.90 Å². The number of allylic oxidation sites excluding steroid dienone is 1. The van der Waals surface area contributed by atoms with Gasteiger partial charge in [-0.3, -0.25) is 4.90 Å². The van der Waals surface area contributed by atoms with Crippen LogP contribution in [0.5, 0.6) is 0 Å². The summed E-state index contributed by atoms with van der Waals surface area (Å²) in [5.74, 6) is 0. The van der Waals surface area contributed by atoms with Gasteiger partial charge in [-0.25, -0.2) is 0 Å². The molecule has 0 amide bonds. The van der Waals surface area contributed by atoms with E-state index in [2.05, 4.69) is 31.7 Å². The maximum Gasteiger partial charge on any atom is 0.0196 e. The first kappa shape index (κ1) is 7.80. The van der Waals surface area contributed by atoms with Crippen molar-refractivity contribution in [2.45, 2.75) is 33.2 Å². The minimum Gasteiger partial charge on any atom is -0.297 e. The Balaban J connectivity index is 2.43. The van der Waals surface area contributed by atoms with Crippen LogP contribution in [0.15, 0.2) is 11.6 Å². The molecule has 1 aliphatic heterocycles. The lowest BCUT2D eigenvalue weighted by molar-refractivity contribution is 0.281. The Kier molecular flexibility index (Phi) is 2.50. The van der Waals surface area contributed by atoms with Gasteiger partial charge in [-0.05, 0) is 27.2 Å². The maximum atomic E-state index is 2.51. The molecule has 0 saturated carbocycles. The summed E-state index contributed by atoms with van der Waals surface area (Å²) in [6.07, 6.45) is 3.54. The van der Waals surface area contributed by atoms with Crippen LogP contribution in [0.1, 0.15) is 27.2 Å². The fourth-order valence-corrected chi connectivity index (χ4v) is 1.38. The summed E-state index contributed by atoms with van der Waals surface area (Å²) < 4.78 is 0. The van der Waals surface area contributed by atoms with E-state index in [0.29, 0.717) is 0 Å². The van der Waals surface area contributed by atoms with Gasteiger partial charge < -0.3 is 0 Å². The first-order valence-electron chi connectivity index (χ1n) is 4.12. The Morgan fingerprint density at radius 3 is 2.50 bits per heavy atom. The van der Waals surface area contributed by atoms with Crippen LogP contribution in [0.4, 0.5) is 0 Å². The molecule has 1 aliphatic rings. The Hall–Kier alpha value is -0.300. The van der Waals surface area contributed by atoms with Crippen molar-refractivity contribution in [1.29, 1.82) is 0 Å². The van der Waals surface area contributed by atoms with Gasteiger partial charge in [0.05, 0.1) is 0 Å². The summed E-state index contributed by atoms with van der Waals surface area (Å²) in [4.78, 5) is 2.51. The van der Waals surface area contributed by atoms with Crippen molar-refractivity contribution in [3.63, 3.8) is 0 Å². The predicted molar refractivity (Wildman–Crippen MR) is 45.1 cm³/mol. The molecule has 1 heterocycles. The van der Waals surface area contributed by atoms with Gasteiger partial charge in [0.1, 0.15) is 0 Å². The van der Waals surface area contributed by atoms with Crippen LogP contribution in [0.3, 0.4) is 0 Å². The van der Waals surface area contributed by atoms with Crippen molar-refractivity contribution >= 4 is 0 Å². The Bertz CT molecular complexity index is 136. The third-order valence-electron chi connectivity index (χ3n) is 2.26. The Labute approximate surface area is 63.7 Å². The number of hydrogen-bond acceptors (Lipinski definition) is 1. The highest BCUT2D eigenvalue weighted by Crippen LogP contribution is 2.16. The smallest absolute Gasteiger partial charge is 0.0196 e. The second kappa shape index (κ2) is 3.20. The van der Waals surface area contributed by atoms with Crippen molar-refractivity contribution in [3.8, 4) is 0 Å². The van der Waals surface area contributed by atoms with Gasteiger partial charge in [-0.1, -0.05) is 11.6 Å². The third kappa shape index (κ3) is 1.60. The van der Waals surface area contributed by atoms with Gasteiger partial charge in [0.2, 0.25) is 0 Å². The quantitative estimate of drug-likeness (QED) is 0.502. The van der Waals surface area contributed by atoms with E-state index in [1.54, 1.807) is 5.57 Å². The lowest BCUT2D eigenvalue weighted by atomic mass is 10.2. The van der Waals surface area contributed by atoms with Crippen LogP contribution in [0.25, 0.3) is 0 Å². The van der Waals surface area contributed by atoms with Gasteiger partial charge in [0.25, 0.3) is 0 Å². The summed E-state index contributed by atoms with van der Waals surface area (Å²) in [5, 5.41) is 0. The lowest BCUT2D eigenvalue weighted by Crippen LogP contribution is -2.27. The van der Waals surface area contributed by atoms with E-state index in [9.17, 15) is 0 Å². The molecule has 1 fully saturated rings. The van der Waals surface area contributed by atoms with Crippen LogP contribution in [-0.4, -0.2) is 24.0 Å². The van der Waals surface area contributed by atoms with Crippen molar-refractivity contribution in [2.24, 2.45) is 0 Å². The predicted octanol–water partition coefficient (Wildman–Crippen LogP) is 2.05. The summed E-state index contributed by atoms with van der Waals surface area (Å²) in [7, 11) is 0. The zero-order valence-electron chi connectivity index (χ0n) is 7.22. The summed E-state index contributed by atoms with van der Waals surface area (Å²) >= 11 is 0. The summed E-state index contributed by atoms with van der Waals surface area (Å²) in [6, 6.07) is 0.720. The average molecular weight is 139 g/mol. The highest BCUT2D eigenvalue weighted by atomic mass is 15.2. The van der Waals surface area contributed by atoms with Gasteiger partial charge in [0, 0.05) is 19.1 Å². The number of likely N-dealkylation sites (tertiary alicyclic amines) is 1. The maximum absolute atomic E-state index is 2.51. The SMILES string of the molecule is C/C=C1/CCN(C(C)C)C1. The van der Waals surface area contributed by atoms with E-state index >= 15 is 0 Å². The zero-order chi connectivity index (χ0) is 7.56. The van der Waals surface area contributed by atoms with Crippen LogP contribution in [-0.2, 0) is 0 Å². The molecule has 0 aromatic heterocycles. The van der Waals surface area contributed by atoms with Crippen LogP contribution in [0.2, 0.25) is 0 Å². The molecule has 10 heavy (non-hydrogen) atoms. The molecule has 0 aliphatic carbocycles. The van der Waals surface area contributed by atoms with E-state index in [0.717, 1.165) is 6.04 Å². The van der Waals surface area contributed by atoms with E-state index in [4.69, 9.17) is 0 Å². The molecule has 0 radical (unpaired) electrons. The molecule has 0 unspecified atom stereocenters. The fraction of sp³-hybridized carbons (Fsp3) is 0.778. The van der Waals surface area contributed by atoms with Crippen molar-refractivity contribution in [3.05, 3.63) is 11.6 Å². The Morgan fingerprint density at radius 1 is 1.50 bits per heavy atom. The highest BCUT2D eigenvalue weighted by molar-refractivity contribution is 5.08. The van der Waals surface area contributed by atoms with Gasteiger partial charge >= 0.3 is 0 Å². The number of hydrogen-bond donors (Lipinski definition) is 0. The molecule has 1 saturated heterocycles. The first-order chi connectivity index (χ1) is 4.74. The zero-order valence-corrected chi connectivity index (χ0v) is 7.22. The van der Waals surface area contributed by atoms with Gasteiger partial charge in [-0.15, -0.1) is 0 Å². The second-order valence-electron chi connectivity index (χ2n) is 3.26. The monoisotopic (exact) mass is 139 g/mol. The van der Waals surface area contributed by atoms with Crippen LogP contribution < -0.4 is 0 Å². The molecule has 0 aromatic rings. The molecule has 1 rings (SSSR count). The molecule has 0 atom stereocenters. The molecule has 0 aromatic carbocycles. The third-order valence-corrected chi connectivity index (χ3v) is 2.26. The largest absolute Gasteiger partial charge is 0.297 e. The molecule has 1 nitrogen and oxygen atoms in total. The lowest BCUT2D eigenvalue weighted by Gasteiger charge is -2.18. The van der Waals surface area contributed by atoms with Crippen molar-refractivity contribution < 1.29 is 0 Å². The number of rotatable bonds is 1. The van der Waals surface area contributed by atoms with E-state index < -0.39 is 0 Å². The van der Waals surface area contributed by atoms with Crippen molar-refractivity contribution in [2.75, 3.05) is 13.1 Å². The summed E-state index contributed by atoms with van der Waals surface area (Å²) in [5.41, 5.74) is 1.61. The minimum absolute atomic E-state index is 0.720. The number of nitrogens with zero attached hydrogens (tertiary/aromatic N) is 1. The molecule has 0 N–H and O–H groups in total. The summed E-state index contributed by atoms with van der Waals surface area (Å²) in [6.45, 7) is 9.13. The molecule has 58 valence electrons. The second-order valence-corrected chi connectivity index (χ2v) is 3.26. The van der Waals surface area contributed by atoms with E-state index in [1.165, 1.54) is 19.5 Å². The van der Waals surface area contributed by atoms with Gasteiger partial charge in [-0.2, -0.15) is 0 Å². The van der Waals surface area contributed by atoms with Crippen LogP contribution in [0, 0.1) is 0 Å². The topological polar surface area (TPSA) is 3.24 Å². The fourth-order valence-electron chi connectivity index (χ4n) is 1.38. The molecule has 1 heteroatoms. The van der Waals surface area contributed by atoms with Gasteiger partial charge in [0.15, 0.2) is 0 Å². The van der Waals surface area contributed by atoms with Crippen LogP contribution >= 0.6 is 0 Å². The molecular formula is C9H17N. The standard InChI is InChI=1S/C9H17N/c1-4-9-5-6-10(7-9)8(2)3/h4,8H,5-7H2,1-3H3/b9-4-. The van der Waals surface area contributed by atoms with E-state index in [1.807, 2.05) is 0 Å². The molecule has 0 bridgehead atoms. The normalized spacial score (nSPS) is 25.0. The minimum atomic E-state index is 0.720. The molecular weight excluding hydrogens is 122 g/mol. The highest BCUT2D eigenvalue weighted by Gasteiger charge is 2.17. The average Bonchev–Trinajstić information content (AvgIpc) is 2.34.